The van der Waals surface area contributed by atoms with Crippen LogP contribution < -0.4 is 0 Å². The lowest BCUT2D eigenvalue weighted by molar-refractivity contribution is 0.835. The Bertz CT molecular complexity index is 936. The minimum Gasteiger partial charge on any atom is -0.248 e. The summed E-state index contributed by atoms with van der Waals surface area (Å²) in [6, 6.07) is 2.48. The van der Waals surface area contributed by atoms with E-state index in [4.69, 9.17) is 5.10 Å². The Morgan fingerprint density at radius 1 is 1.04 bits per heavy atom. The molecule has 134 valence electrons. The van der Waals surface area contributed by atoms with E-state index in [0.717, 1.165) is 0 Å². The van der Waals surface area contributed by atoms with Gasteiger partial charge in [0.15, 0.2) is 0 Å². The van der Waals surface area contributed by atoms with Crippen molar-refractivity contribution in [2.24, 2.45) is 0 Å². The second-order valence-electron chi connectivity index (χ2n) is 7.60. The van der Waals surface area contributed by atoms with Gasteiger partial charge in [-0.15, -0.1) is 11.3 Å². The maximum absolute atomic E-state index is 4.76. The summed E-state index contributed by atoms with van der Waals surface area (Å²) in [5.41, 5.74) is 7.62. The first-order chi connectivity index (χ1) is 12.7. The molecule has 2 heterocycles. The molecule has 2 aliphatic rings. The van der Waals surface area contributed by atoms with E-state index in [1.807, 2.05) is 12.4 Å². The molecule has 5 rings (SSSR count). The lowest BCUT2D eigenvalue weighted by Crippen LogP contribution is -2.05. The highest BCUT2D eigenvalue weighted by molar-refractivity contribution is 8.01. The molecule has 0 saturated heterocycles. The minimum absolute atomic E-state index is 0.492. The molecule has 0 bridgehead atoms. The Morgan fingerprint density at radius 3 is 2.42 bits per heavy atom. The third kappa shape index (κ3) is 2.81. The highest BCUT2D eigenvalue weighted by Gasteiger charge is 2.25. The number of aryl methyl sites for hydroxylation is 2. The molecule has 1 aromatic carbocycles. The van der Waals surface area contributed by atoms with Gasteiger partial charge >= 0.3 is 0 Å². The minimum atomic E-state index is 0.492. The monoisotopic (exact) mass is 381 g/mol. The molecular formula is C21H23N3S2. The van der Waals surface area contributed by atoms with Crippen molar-refractivity contribution in [3.8, 4) is 5.69 Å². The van der Waals surface area contributed by atoms with Crippen molar-refractivity contribution in [2.45, 2.75) is 67.4 Å². The van der Waals surface area contributed by atoms with E-state index >= 15 is 0 Å². The van der Waals surface area contributed by atoms with E-state index in [0.29, 0.717) is 5.92 Å². The van der Waals surface area contributed by atoms with Gasteiger partial charge in [0, 0.05) is 12.1 Å². The van der Waals surface area contributed by atoms with E-state index < -0.39 is 0 Å². The third-order valence-corrected chi connectivity index (χ3v) is 7.79. The summed E-state index contributed by atoms with van der Waals surface area (Å²) < 4.78 is 3.40. The highest BCUT2D eigenvalue weighted by atomic mass is 32.2. The number of rotatable bonds is 4. The second kappa shape index (κ2) is 6.54. The zero-order valence-corrected chi connectivity index (χ0v) is 16.9. The van der Waals surface area contributed by atoms with Crippen molar-refractivity contribution in [2.75, 3.05) is 0 Å². The molecule has 0 saturated carbocycles. The summed E-state index contributed by atoms with van der Waals surface area (Å²) in [4.78, 5) is 5.74. The number of nitrogens with zero attached hydrogens (tertiary/aromatic N) is 3. The van der Waals surface area contributed by atoms with Crippen LogP contribution in [0.3, 0.4) is 0 Å². The van der Waals surface area contributed by atoms with Crippen molar-refractivity contribution in [3.05, 3.63) is 51.9 Å². The number of benzene rings is 1. The maximum atomic E-state index is 4.76. The maximum Gasteiger partial charge on any atom is 0.0962 e. The second-order valence-corrected chi connectivity index (χ2v) is 10.0. The molecule has 0 fully saturated rings. The third-order valence-electron chi connectivity index (χ3n) is 5.44. The zero-order valence-electron chi connectivity index (χ0n) is 15.3. The summed E-state index contributed by atoms with van der Waals surface area (Å²) in [5.74, 6) is 0.492. The average molecular weight is 382 g/mol. The molecule has 0 atom stereocenters. The van der Waals surface area contributed by atoms with Crippen LogP contribution in [0.5, 0.6) is 0 Å². The molecule has 0 radical (unpaired) electrons. The van der Waals surface area contributed by atoms with Gasteiger partial charge in [-0.3, -0.25) is 0 Å². The predicted molar refractivity (Wildman–Crippen MR) is 108 cm³/mol. The normalized spacial score (nSPS) is 15.7. The Balaban J connectivity index is 1.49. The summed E-state index contributed by atoms with van der Waals surface area (Å²) in [6.07, 6.45) is 13.7. The molecule has 0 aliphatic heterocycles. The molecule has 5 heteroatoms. The molecule has 3 nitrogen and oxygen atoms in total. The van der Waals surface area contributed by atoms with Crippen LogP contribution in [0.25, 0.3) is 5.69 Å². The SMILES string of the molecule is CC(C)c1ncc(Sc2cnn(-c3c4c(cc5c3CCC5)CCC4)c2)s1. The smallest absolute Gasteiger partial charge is 0.0962 e. The Hall–Kier alpha value is -1.59. The van der Waals surface area contributed by atoms with E-state index in [2.05, 4.69) is 35.8 Å². The van der Waals surface area contributed by atoms with Gasteiger partial charge in [-0.2, -0.15) is 5.10 Å². The van der Waals surface area contributed by atoms with Crippen LogP contribution in [0.2, 0.25) is 0 Å². The van der Waals surface area contributed by atoms with Crippen molar-refractivity contribution in [1.29, 1.82) is 0 Å². The number of hydrogen-bond donors (Lipinski definition) is 0. The quantitative estimate of drug-likeness (QED) is 0.591. The van der Waals surface area contributed by atoms with Crippen LogP contribution in [0.15, 0.2) is 33.8 Å². The van der Waals surface area contributed by atoms with Gasteiger partial charge in [-0.05, 0) is 60.8 Å². The first-order valence-corrected chi connectivity index (χ1v) is 11.2. The van der Waals surface area contributed by atoms with Gasteiger partial charge in [0.25, 0.3) is 0 Å². The summed E-state index contributed by atoms with van der Waals surface area (Å²) in [5, 5.41) is 5.97. The molecule has 2 aromatic heterocycles. The number of hydrogen-bond acceptors (Lipinski definition) is 4. The topological polar surface area (TPSA) is 30.7 Å². The molecule has 0 N–H and O–H groups in total. The number of fused-ring (bicyclic) bond motifs is 2. The standard InChI is InChI=1S/C21H23N3S2/c1-13(2)21-22-11-19(26-21)25-16-10-23-24(12-16)20-17-7-3-5-14(17)9-15-6-4-8-18(15)20/h9-13H,3-8H2,1-2H3. The summed E-state index contributed by atoms with van der Waals surface area (Å²) in [6.45, 7) is 4.39. The summed E-state index contributed by atoms with van der Waals surface area (Å²) in [7, 11) is 0. The lowest BCUT2D eigenvalue weighted by Gasteiger charge is -2.14. The van der Waals surface area contributed by atoms with Crippen LogP contribution in [0.1, 0.15) is 59.9 Å². The molecule has 0 amide bonds. The Labute approximate surface area is 162 Å². The molecule has 2 aliphatic carbocycles. The van der Waals surface area contributed by atoms with Gasteiger partial charge in [-0.1, -0.05) is 31.7 Å². The first-order valence-electron chi connectivity index (χ1n) is 9.54. The van der Waals surface area contributed by atoms with Crippen LogP contribution in [-0.4, -0.2) is 14.8 Å². The van der Waals surface area contributed by atoms with Crippen molar-refractivity contribution >= 4 is 23.1 Å². The van der Waals surface area contributed by atoms with Crippen LogP contribution in [-0.2, 0) is 25.7 Å². The molecule has 0 unspecified atom stereocenters. The van der Waals surface area contributed by atoms with Crippen molar-refractivity contribution in [1.82, 2.24) is 14.8 Å². The van der Waals surface area contributed by atoms with E-state index in [1.54, 1.807) is 45.4 Å². The van der Waals surface area contributed by atoms with Gasteiger partial charge in [0.2, 0.25) is 0 Å². The highest BCUT2D eigenvalue weighted by Crippen LogP contribution is 2.39. The van der Waals surface area contributed by atoms with E-state index in [-0.39, 0.29) is 0 Å². The molecule has 0 spiro atoms. The number of thiazole rings is 1. The predicted octanol–water partition coefficient (Wildman–Crippen LogP) is 5.58. The van der Waals surface area contributed by atoms with Gasteiger partial charge in [0.05, 0.1) is 32.2 Å². The van der Waals surface area contributed by atoms with E-state index in [1.165, 1.54) is 58.3 Å². The van der Waals surface area contributed by atoms with Crippen molar-refractivity contribution < 1.29 is 0 Å². The summed E-state index contributed by atoms with van der Waals surface area (Å²) >= 11 is 3.58. The molecule has 3 aromatic rings. The largest absolute Gasteiger partial charge is 0.248 e. The Morgan fingerprint density at radius 2 is 1.77 bits per heavy atom. The average Bonchev–Trinajstić information content (AvgIpc) is 3.40. The van der Waals surface area contributed by atoms with Crippen LogP contribution in [0.4, 0.5) is 0 Å². The Kier molecular flexibility index (Phi) is 4.17. The van der Waals surface area contributed by atoms with Crippen LogP contribution >= 0.6 is 23.1 Å². The van der Waals surface area contributed by atoms with Gasteiger partial charge in [-0.25, -0.2) is 9.67 Å². The first kappa shape index (κ1) is 16.6. The van der Waals surface area contributed by atoms with Crippen LogP contribution in [0, 0.1) is 0 Å². The molecule has 26 heavy (non-hydrogen) atoms. The van der Waals surface area contributed by atoms with Crippen molar-refractivity contribution in [3.63, 3.8) is 0 Å². The number of aromatic nitrogens is 3. The molecular weight excluding hydrogens is 358 g/mol. The fraction of sp³-hybridized carbons (Fsp3) is 0.429. The van der Waals surface area contributed by atoms with Gasteiger partial charge < -0.3 is 0 Å². The van der Waals surface area contributed by atoms with Gasteiger partial charge in [0.1, 0.15) is 0 Å². The van der Waals surface area contributed by atoms with E-state index in [9.17, 15) is 0 Å². The lowest BCUT2D eigenvalue weighted by atomic mass is 9.99. The zero-order chi connectivity index (χ0) is 17.7. The fourth-order valence-corrected chi connectivity index (χ4v) is 6.20. The fourth-order valence-electron chi connectivity index (χ4n) is 4.25.